The van der Waals surface area contributed by atoms with Crippen molar-refractivity contribution in [1.29, 1.82) is 0 Å². The Kier molecular flexibility index (Phi) is 4.91. The molecular formula is C22H24F3N3. The minimum atomic E-state index is -4.35. The first-order chi connectivity index (χ1) is 13.4. The molecule has 0 atom stereocenters. The van der Waals surface area contributed by atoms with Gasteiger partial charge in [0.2, 0.25) is 0 Å². The molecular weight excluding hydrogens is 363 g/mol. The number of aryl methyl sites for hydroxylation is 2. The maximum Gasteiger partial charge on any atom is 0.416 e. The fourth-order valence-corrected chi connectivity index (χ4v) is 4.15. The molecule has 1 aliphatic rings. The van der Waals surface area contributed by atoms with Crippen LogP contribution in [-0.4, -0.2) is 16.1 Å². The van der Waals surface area contributed by atoms with Crippen LogP contribution in [0.1, 0.15) is 47.7 Å². The number of hydrogen-bond acceptors (Lipinski definition) is 2. The highest BCUT2D eigenvalue weighted by Gasteiger charge is 2.33. The van der Waals surface area contributed by atoms with Crippen LogP contribution in [0.4, 0.5) is 13.2 Å². The average molecular weight is 387 g/mol. The highest BCUT2D eigenvalue weighted by molar-refractivity contribution is 5.86. The number of halogens is 3. The molecule has 3 aromatic rings. The summed E-state index contributed by atoms with van der Waals surface area (Å²) in [5, 5.41) is 4.64. The summed E-state index contributed by atoms with van der Waals surface area (Å²) in [6.07, 6.45) is -0.608. The fraction of sp³-hybridized carbons (Fsp3) is 0.409. The second kappa shape index (κ2) is 7.24. The van der Waals surface area contributed by atoms with Crippen LogP contribution in [0.3, 0.4) is 0 Å². The minimum Gasteiger partial charge on any atom is -0.344 e. The summed E-state index contributed by atoms with van der Waals surface area (Å²) in [5.74, 6) is 0.435. The lowest BCUT2D eigenvalue weighted by atomic mass is 9.99. The van der Waals surface area contributed by atoms with Crippen LogP contribution >= 0.6 is 0 Å². The van der Waals surface area contributed by atoms with Crippen molar-refractivity contribution in [1.82, 2.24) is 14.9 Å². The van der Waals surface area contributed by atoms with E-state index in [2.05, 4.69) is 46.9 Å². The number of nitrogens with one attached hydrogen (secondary N) is 1. The summed E-state index contributed by atoms with van der Waals surface area (Å²) >= 11 is 0. The molecule has 3 nitrogen and oxygen atoms in total. The molecule has 0 unspecified atom stereocenters. The molecule has 3 heterocycles. The maximum absolute atomic E-state index is 13.3. The highest BCUT2D eigenvalue weighted by atomic mass is 19.4. The van der Waals surface area contributed by atoms with Gasteiger partial charge in [0, 0.05) is 55.0 Å². The second-order valence-corrected chi connectivity index (χ2v) is 7.72. The largest absolute Gasteiger partial charge is 0.416 e. The summed E-state index contributed by atoms with van der Waals surface area (Å²) in [6.45, 7) is 6.55. The van der Waals surface area contributed by atoms with E-state index in [0.29, 0.717) is 18.9 Å². The lowest BCUT2D eigenvalue weighted by Crippen LogP contribution is -2.25. The quantitative estimate of drug-likeness (QED) is 0.678. The van der Waals surface area contributed by atoms with Gasteiger partial charge in [0.25, 0.3) is 0 Å². The van der Waals surface area contributed by atoms with E-state index in [4.69, 9.17) is 0 Å². The zero-order valence-electron chi connectivity index (χ0n) is 16.1. The molecule has 0 aliphatic carbocycles. The molecule has 0 saturated heterocycles. The van der Waals surface area contributed by atoms with Crippen LogP contribution in [0.25, 0.3) is 10.9 Å². The Balaban J connectivity index is 1.74. The van der Waals surface area contributed by atoms with Gasteiger partial charge in [0.15, 0.2) is 0 Å². The molecule has 0 spiro atoms. The third-order valence-corrected chi connectivity index (χ3v) is 5.63. The average Bonchev–Trinajstić information content (AvgIpc) is 2.99. The van der Waals surface area contributed by atoms with Crippen molar-refractivity contribution in [2.24, 2.45) is 0 Å². The molecule has 0 radical (unpaired) electrons. The Bertz CT molecular complexity index is 1000. The first-order valence-corrected chi connectivity index (χ1v) is 9.71. The molecule has 0 saturated carbocycles. The van der Waals surface area contributed by atoms with Crippen molar-refractivity contribution in [3.8, 4) is 0 Å². The minimum absolute atomic E-state index is 0.248. The normalized spacial score (nSPS) is 14.6. The molecule has 148 valence electrons. The monoisotopic (exact) mass is 387 g/mol. The van der Waals surface area contributed by atoms with Gasteiger partial charge < -0.3 is 9.88 Å². The summed E-state index contributed by atoms with van der Waals surface area (Å²) in [7, 11) is 0. The molecule has 6 heteroatoms. The number of pyridine rings is 1. The van der Waals surface area contributed by atoms with Crippen molar-refractivity contribution < 1.29 is 13.2 Å². The fourth-order valence-electron chi connectivity index (χ4n) is 4.15. The van der Waals surface area contributed by atoms with E-state index in [1.54, 1.807) is 0 Å². The van der Waals surface area contributed by atoms with Gasteiger partial charge in [0.05, 0.1) is 5.56 Å². The third-order valence-electron chi connectivity index (χ3n) is 5.63. The van der Waals surface area contributed by atoms with Crippen molar-refractivity contribution >= 4 is 10.9 Å². The van der Waals surface area contributed by atoms with Gasteiger partial charge in [-0.05, 0) is 47.2 Å². The summed E-state index contributed by atoms with van der Waals surface area (Å²) in [5.41, 5.74) is 4.58. The molecule has 28 heavy (non-hydrogen) atoms. The molecule has 1 aromatic carbocycles. The summed E-state index contributed by atoms with van der Waals surface area (Å²) in [6, 6.07) is 7.56. The predicted molar refractivity (Wildman–Crippen MR) is 104 cm³/mol. The Hall–Kier alpha value is -2.34. The Morgan fingerprint density at radius 1 is 1.21 bits per heavy atom. The van der Waals surface area contributed by atoms with E-state index in [0.717, 1.165) is 31.1 Å². The van der Waals surface area contributed by atoms with E-state index in [1.165, 1.54) is 34.6 Å². The van der Waals surface area contributed by atoms with Crippen molar-refractivity contribution in [3.05, 3.63) is 64.6 Å². The van der Waals surface area contributed by atoms with Crippen LogP contribution < -0.4 is 5.32 Å². The molecule has 2 aromatic heterocycles. The van der Waals surface area contributed by atoms with E-state index in [1.807, 2.05) is 0 Å². The van der Waals surface area contributed by atoms with E-state index >= 15 is 0 Å². The number of rotatable bonds is 4. The van der Waals surface area contributed by atoms with Gasteiger partial charge in [-0.3, -0.25) is 4.98 Å². The number of aromatic nitrogens is 2. The van der Waals surface area contributed by atoms with Gasteiger partial charge in [0.1, 0.15) is 0 Å². The van der Waals surface area contributed by atoms with Gasteiger partial charge in [-0.2, -0.15) is 13.2 Å². The SMILES string of the molecule is CC(C)c1ccc2c(c1)c1c(n2CCc2cnccc2C(F)(F)F)CCNC1. The van der Waals surface area contributed by atoms with Gasteiger partial charge in [-0.1, -0.05) is 19.9 Å². The molecule has 4 rings (SSSR count). The van der Waals surface area contributed by atoms with Crippen molar-refractivity contribution in [3.63, 3.8) is 0 Å². The highest BCUT2D eigenvalue weighted by Crippen LogP contribution is 2.34. The molecule has 0 fully saturated rings. The molecule has 0 bridgehead atoms. The molecule has 1 N–H and O–H groups in total. The summed E-state index contributed by atoms with van der Waals surface area (Å²) < 4.78 is 42.2. The molecule has 0 amide bonds. The first-order valence-electron chi connectivity index (χ1n) is 9.71. The van der Waals surface area contributed by atoms with Crippen molar-refractivity contribution in [2.45, 2.75) is 51.9 Å². The van der Waals surface area contributed by atoms with Crippen LogP contribution in [0.5, 0.6) is 0 Å². The lowest BCUT2D eigenvalue weighted by Gasteiger charge is -2.18. The molecule has 1 aliphatic heterocycles. The van der Waals surface area contributed by atoms with Crippen LogP contribution in [0, 0.1) is 0 Å². The topological polar surface area (TPSA) is 29.9 Å². The zero-order valence-corrected chi connectivity index (χ0v) is 16.1. The Morgan fingerprint density at radius 2 is 2.04 bits per heavy atom. The first kappa shape index (κ1) is 19.0. The third kappa shape index (κ3) is 3.41. The number of fused-ring (bicyclic) bond motifs is 3. The number of nitrogens with zero attached hydrogens (tertiary/aromatic N) is 2. The standard InChI is InChI=1S/C22H24F3N3/c1-14(2)15-3-4-20-17(11-15)18-13-27-9-6-21(18)28(20)10-7-16-12-26-8-5-19(16)22(23,24)25/h3-5,8,11-12,14,27H,6-7,9-10,13H2,1-2H3. The van der Waals surface area contributed by atoms with Gasteiger partial charge >= 0.3 is 6.18 Å². The second-order valence-electron chi connectivity index (χ2n) is 7.72. The van der Waals surface area contributed by atoms with Crippen LogP contribution in [0.2, 0.25) is 0 Å². The Morgan fingerprint density at radius 3 is 2.79 bits per heavy atom. The number of alkyl halides is 3. The number of benzene rings is 1. The van der Waals surface area contributed by atoms with Crippen LogP contribution in [0.15, 0.2) is 36.7 Å². The maximum atomic E-state index is 13.3. The number of hydrogen-bond donors (Lipinski definition) is 1. The Labute approximate surface area is 162 Å². The van der Waals surface area contributed by atoms with Gasteiger partial charge in [-0.25, -0.2) is 0 Å². The smallest absolute Gasteiger partial charge is 0.344 e. The summed E-state index contributed by atoms with van der Waals surface area (Å²) in [4.78, 5) is 3.92. The lowest BCUT2D eigenvalue weighted by molar-refractivity contribution is -0.138. The van der Waals surface area contributed by atoms with Crippen LogP contribution in [-0.2, 0) is 32.1 Å². The van der Waals surface area contributed by atoms with E-state index in [-0.39, 0.29) is 5.56 Å². The van der Waals surface area contributed by atoms with E-state index in [9.17, 15) is 13.2 Å². The van der Waals surface area contributed by atoms with Gasteiger partial charge in [-0.15, -0.1) is 0 Å². The predicted octanol–water partition coefficient (Wildman–Crippen LogP) is 5.07. The van der Waals surface area contributed by atoms with Crippen molar-refractivity contribution in [2.75, 3.05) is 6.54 Å². The van der Waals surface area contributed by atoms with E-state index < -0.39 is 11.7 Å². The zero-order chi connectivity index (χ0) is 19.9.